The van der Waals surface area contributed by atoms with Crippen LogP contribution in [0.5, 0.6) is 0 Å². The Morgan fingerprint density at radius 1 is 1.19 bits per heavy atom. The molecule has 0 radical (unpaired) electrons. The molecule has 0 aromatic heterocycles. The van der Waals surface area contributed by atoms with Crippen molar-refractivity contribution in [2.75, 3.05) is 11.9 Å². The third-order valence-corrected chi connectivity index (χ3v) is 5.88. The molecule has 0 aliphatic carbocycles. The SMILES string of the molecule is CCOC(=O)c1ccc(NC2=NS(=O)(=O)C(c3cccc(Br)c3)=C2C)cc1. The van der Waals surface area contributed by atoms with Crippen LogP contribution in [-0.4, -0.2) is 26.8 Å². The van der Waals surface area contributed by atoms with Gasteiger partial charge in [0.2, 0.25) is 0 Å². The van der Waals surface area contributed by atoms with Crippen molar-refractivity contribution in [3.8, 4) is 0 Å². The second kappa shape index (κ2) is 7.66. The Balaban J connectivity index is 1.88. The normalized spacial score (nSPS) is 15.4. The second-order valence-corrected chi connectivity index (χ2v) is 8.26. The van der Waals surface area contributed by atoms with Gasteiger partial charge in [0.25, 0.3) is 10.0 Å². The van der Waals surface area contributed by atoms with Crippen LogP contribution in [0.25, 0.3) is 4.91 Å². The van der Waals surface area contributed by atoms with Gasteiger partial charge in [0.05, 0.1) is 12.2 Å². The fourth-order valence-electron chi connectivity index (χ4n) is 2.69. The van der Waals surface area contributed by atoms with E-state index in [0.29, 0.717) is 29.0 Å². The first-order valence-corrected chi connectivity index (χ1v) is 10.4. The van der Waals surface area contributed by atoms with E-state index < -0.39 is 16.0 Å². The zero-order chi connectivity index (χ0) is 19.6. The Hall–Kier alpha value is -2.45. The quantitative estimate of drug-likeness (QED) is 0.707. The van der Waals surface area contributed by atoms with E-state index in [1.165, 1.54) is 0 Å². The molecule has 0 fully saturated rings. The van der Waals surface area contributed by atoms with Crippen molar-refractivity contribution < 1.29 is 17.9 Å². The van der Waals surface area contributed by atoms with Crippen molar-refractivity contribution in [3.05, 3.63) is 69.7 Å². The van der Waals surface area contributed by atoms with E-state index >= 15 is 0 Å². The Kier molecular flexibility index (Phi) is 5.48. The van der Waals surface area contributed by atoms with Gasteiger partial charge in [-0.2, -0.15) is 8.42 Å². The highest BCUT2D eigenvalue weighted by atomic mass is 79.9. The van der Waals surface area contributed by atoms with Crippen LogP contribution in [0.1, 0.15) is 29.8 Å². The second-order valence-electron chi connectivity index (χ2n) is 5.80. The van der Waals surface area contributed by atoms with Crippen LogP contribution < -0.4 is 5.32 Å². The first kappa shape index (κ1) is 19.3. The van der Waals surface area contributed by atoms with E-state index in [4.69, 9.17) is 4.74 Å². The standard InChI is InChI=1S/C19H17BrN2O4S/c1-3-26-19(23)13-7-9-16(10-8-13)21-18-12(2)17(27(24,25)22-18)14-5-4-6-15(20)11-14/h4-11H,3H2,1-2H3,(H,21,22). The number of amidine groups is 1. The molecule has 2 aromatic carbocycles. The summed E-state index contributed by atoms with van der Waals surface area (Å²) in [5.74, 6) is -0.147. The first-order chi connectivity index (χ1) is 12.8. The average Bonchev–Trinajstić information content (AvgIpc) is 2.84. The summed E-state index contributed by atoms with van der Waals surface area (Å²) in [4.78, 5) is 11.9. The smallest absolute Gasteiger partial charge is 0.338 e. The summed E-state index contributed by atoms with van der Waals surface area (Å²) < 4.78 is 34.7. The van der Waals surface area contributed by atoms with Crippen LogP contribution in [0.2, 0.25) is 0 Å². The molecule has 0 saturated carbocycles. The van der Waals surface area contributed by atoms with Gasteiger partial charge < -0.3 is 10.1 Å². The van der Waals surface area contributed by atoms with Gasteiger partial charge in [-0.3, -0.25) is 0 Å². The number of rotatable bonds is 4. The van der Waals surface area contributed by atoms with Gasteiger partial charge in [0.1, 0.15) is 10.7 Å². The predicted octanol–water partition coefficient (Wildman–Crippen LogP) is 4.21. The number of hydrogen-bond donors (Lipinski definition) is 1. The maximum atomic E-state index is 12.5. The molecule has 27 heavy (non-hydrogen) atoms. The number of esters is 1. The van der Waals surface area contributed by atoms with Gasteiger partial charge in [-0.25, -0.2) is 4.79 Å². The van der Waals surface area contributed by atoms with Gasteiger partial charge in [-0.1, -0.05) is 28.1 Å². The molecule has 2 aromatic rings. The molecule has 8 heteroatoms. The predicted molar refractivity (Wildman–Crippen MR) is 109 cm³/mol. The number of carbonyl (C=O) groups excluding carboxylic acids is 1. The Labute approximate surface area is 166 Å². The van der Waals surface area contributed by atoms with Crippen LogP contribution >= 0.6 is 15.9 Å². The van der Waals surface area contributed by atoms with Gasteiger partial charge in [-0.15, -0.1) is 4.40 Å². The molecule has 1 aliphatic rings. The maximum Gasteiger partial charge on any atom is 0.338 e. The van der Waals surface area contributed by atoms with E-state index in [-0.39, 0.29) is 10.7 Å². The van der Waals surface area contributed by atoms with Gasteiger partial charge in [0, 0.05) is 15.7 Å². The fraction of sp³-hybridized carbons (Fsp3) is 0.158. The van der Waals surface area contributed by atoms with Gasteiger partial charge >= 0.3 is 5.97 Å². The summed E-state index contributed by atoms with van der Waals surface area (Å²) in [6, 6.07) is 13.6. The lowest BCUT2D eigenvalue weighted by atomic mass is 10.1. The monoisotopic (exact) mass is 448 g/mol. The molecular weight excluding hydrogens is 432 g/mol. The van der Waals surface area contributed by atoms with E-state index in [0.717, 1.165) is 4.47 Å². The molecule has 0 bridgehead atoms. The summed E-state index contributed by atoms with van der Waals surface area (Å²) in [5.41, 5.74) is 2.14. The van der Waals surface area contributed by atoms with E-state index in [1.54, 1.807) is 56.3 Å². The number of ether oxygens (including phenoxy) is 1. The molecule has 1 heterocycles. The van der Waals surface area contributed by atoms with E-state index in [1.807, 2.05) is 6.07 Å². The summed E-state index contributed by atoms with van der Waals surface area (Å²) in [6.45, 7) is 3.75. The molecule has 140 valence electrons. The van der Waals surface area contributed by atoms with Crippen molar-refractivity contribution in [1.82, 2.24) is 0 Å². The first-order valence-electron chi connectivity index (χ1n) is 8.18. The minimum atomic E-state index is -3.79. The highest BCUT2D eigenvalue weighted by Crippen LogP contribution is 2.34. The van der Waals surface area contributed by atoms with Crippen LogP contribution in [0.3, 0.4) is 0 Å². The topological polar surface area (TPSA) is 84.8 Å². The molecule has 0 spiro atoms. The van der Waals surface area contributed by atoms with Crippen LogP contribution in [0, 0.1) is 0 Å². The molecular formula is C19H17BrN2O4S. The third kappa shape index (κ3) is 4.12. The van der Waals surface area contributed by atoms with Crippen molar-refractivity contribution in [2.45, 2.75) is 13.8 Å². The van der Waals surface area contributed by atoms with Gasteiger partial charge in [-0.05, 0) is 55.8 Å². The number of benzene rings is 2. The van der Waals surface area contributed by atoms with Crippen LogP contribution in [0.15, 0.2) is 63.0 Å². The van der Waals surface area contributed by atoms with Crippen molar-refractivity contribution in [1.29, 1.82) is 0 Å². The summed E-state index contributed by atoms with van der Waals surface area (Å²) >= 11 is 3.36. The molecule has 0 atom stereocenters. The van der Waals surface area contributed by atoms with Crippen molar-refractivity contribution in [2.24, 2.45) is 4.40 Å². The minimum Gasteiger partial charge on any atom is -0.462 e. The van der Waals surface area contributed by atoms with Gasteiger partial charge in [0.15, 0.2) is 0 Å². The number of sulfonamides is 1. The number of hydrogen-bond acceptors (Lipinski definition) is 5. The molecule has 6 nitrogen and oxygen atoms in total. The Bertz CT molecular complexity index is 1060. The van der Waals surface area contributed by atoms with E-state index in [2.05, 4.69) is 25.6 Å². The zero-order valence-electron chi connectivity index (χ0n) is 14.7. The lowest BCUT2D eigenvalue weighted by Crippen LogP contribution is -2.12. The summed E-state index contributed by atoms with van der Waals surface area (Å²) in [6.07, 6.45) is 0. The lowest BCUT2D eigenvalue weighted by molar-refractivity contribution is 0.0526. The molecule has 0 amide bonds. The number of halogens is 1. The molecule has 0 saturated heterocycles. The molecule has 1 aliphatic heterocycles. The highest BCUT2D eigenvalue weighted by Gasteiger charge is 2.31. The number of nitrogens with one attached hydrogen (secondary N) is 1. The summed E-state index contributed by atoms with van der Waals surface area (Å²) in [5, 5.41) is 3.01. The molecule has 1 N–H and O–H groups in total. The molecule has 3 rings (SSSR count). The fourth-order valence-corrected chi connectivity index (χ4v) is 4.51. The van der Waals surface area contributed by atoms with Crippen LogP contribution in [-0.2, 0) is 14.8 Å². The van der Waals surface area contributed by atoms with Crippen molar-refractivity contribution >= 4 is 48.4 Å². The number of nitrogens with zero attached hydrogens (tertiary/aromatic N) is 1. The number of carbonyl (C=O) groups is 1. The van der Waals surface area contributed by atoms with Crippen molar-refractivity contribution in [3.63, 3.8) is 0 Å². The largest absolute Gasteiger partial charge is 0.462 e. The average molecular weight is 449 g/mol. The van der Waals surface area contributed by atoms with E-state index in [9.17, 15) is 13.2 Å². The zero-order valence-corrected chi connectivity index (χ0v) is 17.1. The number of anilines is 1. The Morgan fingerprint density at radius 2 is 1.89 bits per heavy atom. The van der Waals surface area contributed by atoms with Crippen LogP contribution in [0.4, 0.5) is 5.69 Å². The highest BCUT2D eigenvalue weighted by molar-refractivity contribution is 9.10. The Morgan fingerprint density at radius 3 is 2.52 bits per heavy atom. The lowest BCUT2D eigenvalue weighted by Gasteiger charge is -2.08. The summed E-state index contributed by atoms with van der Waals surface area (Å²) in [7, 11) is -3.79. The maximum absolute atomic E-state index is 12.5. The minimum absolute atomic E-state index is 0.175. The molecule has 0 unspecified atom stereocenters. The third-order valence-electron chi connectivity index (χ3n) is 3.91.